The summed E-state index contributed by atoms with van der Waals surface area (Å²) in [4.78, 5) is 21.6. The smallest absolute Gasteiger partial charge is 0.248 e. The normalized spacial score (nSPS) is 10.2. The number of carbonyl (C=O) groups excluding carboxylic acids is 2. The maximum absolute atomic E-state index is 11.2. The topological polar surface area (TPSA) is 72.2 Å². The van der Waals surface area contributed by atoms with Crippen molar-refractivity contribution in [3.63, 3.8) is 0 Å². The van der Waals surface area contributed by atoms with Gasteiger partial charge in [-0.25, -0.2) is 0 Å². The van der Waals surface area contributed by atoms with Crippen LogP contribution in [0.4, 0.5) is 5.69 Å². The Kier molecular flexibility index (Phi) is 3.62. The number of anilines is 1. The molecule has 0 aromatic heterocycles. The zero-order valence-electron chi connectivity index (χ0n) is 8.36. The zero-order valence-corrected chi connectivity index (χ0v) is 8.36. The summed E-state index contributed by atoms with van der Waals surface area (Å²) in [5.41, 5.74) is 6.64. The molecule has 4 heteroatoms. The Labute approximate surface area is 87.8 Å². The molecule has 3 N–H and O–H groups in total. The summed E-state index contributed by atoms with van der Waals surface area (Å²) < 4.78 is 0. The molecule has 1 aromatic rings. The van der Waals surface area contributed by atoms with Gasteiger partial charge >= 0.3 is 0 Å². The fourth-order valence-electron chi connectivity index (χ4n) is 0.979. The molecule has 78 valence electrons. The molecule has 0 bridgehead atoms. The van der Waals surface area contributed by atoms with E-state index in [0.29, 0.717) is 5.69 Å². The molecule has 0 atom stereocenters. The van der Waals surface area contributed by atoms with E-state index in [1.807, 2.05) is 19.1 Å². The first-order chi connectivity index (χ1) is 7.08. The van der Waals surface area contributed by atoms with Gasteiger partial charge in [-0.05, 0) is 19.1 Å². The Morgan fingerprint density at radius 2 is 1.80 bits per heavy atom. The molecule has 0 radical (unpaired) electrons. The number of rotatable bonds is 3. The predicted molar refractivity (Wildman–Crippen MR) is 58.1 cm³/mol. The minimum atomic E-state index is -0.644. The highest BCUT2D eigenvalue weighted by Gasteiger charge is 1.97. The van der Waals surface area contributed by atoms with Gasteiger partial charge in [-0.15, -0.1) is 0 Å². The van der Waals surface area contributed by atoms with Crippen LogP contribution in [0.5, 0.6) is 0 Å². The maximum Gasteiger partial charge on any atom is 0.248 e. The van der Waals surface area contributed by atoms with E-state index in [-0.39, 0.29) is 5.91 Å². The van der Waals surface area contributed by atoms with Gasteiger partial charge in [-0.2, -0.15) is 0 Å². The highest BCUT2D eigenvalue weighted by molar-refractivity contribution is 6.03. The Balaban J connectivity index is 2.59. The predicted octanol–water partition coefficient (Wildman–Crippen LogP) is 0.975. The van der Waals surface area contributed by atoms with E-state index in [1.165, 1.54) is 0 Å². The highest BCUT2D eigenvalue weighted by atomic mass is 16.2. The summed E-state index contributed by atoms with van der Waals surface area (Å²) >= 11 is 0. The Morgan fingerprint density at radius 1 is 1.20 bits per heavy atom. The lowest BCUT2D eigenvalue weighted by molar-refractivity contribution is -0.115. The molecule has 0 saturated carbocycles. The van der Waals surface area contributed by atoms with Crippen LogP contribution in [0.2, 0.25) is 0 Å². The first-order valence-corrected chi connectivity index (χ1v) is 4.43. The van der Waals surface area contributed by atoms with Crippen LogP contribution in [0.25, 0.3) is 0 Å². The van der Waals surface area contributed by atoms with Crippen molar-refractivity contribution in [2.75, 3.05) is 5.32 Å². The third-order valence-electron chi connectivity index (χ3n) is 1.72. The van der Waals surface area contributed by atoms with E-state index in [1.54, 1.807) is 12.1 Å². The van der Waals surface area contributed by atoms with E-state index in [2.05, 4.69) is 5.32 Å². The van der Waals surface area contributed by atoms with Crippen LogP contribution in [0.15, 0.2) is 36.4 Å². The molecule has 0 spiro atoms. The first kappa shape index (κ1) is 11.0. The van der Waals surface area contributed by atoms with Crippen LogP contribution >= 0.6 is 0 Å². The molecule has 1 aromatic carbocycles. The van der Waals surface area contributed by atoms with Crippen LogP contribution in [-0.2, 0) is 9.59 Å². The molecule has 15 heavy (non-hydrogen) atoms. The second-order valence-electron chi connectivity index (χ2n) is 3.09. The van der Waals surface area contributed by atoms with Gasteiger partial charge in [-0.3, -0.25) is 9.59 Å². The van der Waals surface area contributed by atoms with Gasteiger partial charge in [0, 0.05) is 17.8 Å². The van der Waals surface area contributed by atoms with Gasteiger partial charge in [0.1, 0.15) is 0 Å². The molecular formula is C11H12N2O2. The van der Waals surface area contributed by atoms with Crippen LogP contribution in [0.3, 0.4) is 0 Å². The molecule has 0 fully saturated rings. The average molecular weight is 204 g/mol. The number of nitrogens with two attached hydrogens (primary N) is 1. The van der Waals surface area contributed by atoms with Gasteiger partial charge in [0.15, 0.2) is 0 Å². The second kappa shape index (κ2) is 4.95. The van der Waals surface area contributed by atoms with E-state index in [4.69, 9.17) is 5.73 Å². The molecule has 0 unspecified atom stereocenters. The van der Waals surface area contributed by atoms with Gasteiger partial charge in [-0.1, -0.05) is 17.7 Å². The van der Waals surface area contributed by atoms with Crippen LogP contribution in [0, 0.1) is 6.92 Å². The van der Waals surface area contributed by atoms with Crippen molar-refractivity contribution >= 4 is 17.5 Å². The van der Waals surface area contributed by atoms with Crippen molar-refractivity contribution in [2.24, 2.45) is 5.73 Å². The summed E-state index contributed by atoms with van der Waals surface area (Å²) in [5, 5.41) is 2.59. The zero-order chi connectivity index (χ0) is 11.3. The standard InChI is InChI=1S/C11H12N2O2/c1-8-2-4-9(5-3-8)13-11(15)7-6-10(12)14/h2-7H,1H3,(H2,12,14)(H,13,15)/b7-6-. The summed E-state index contributed by atoms with van der Waals surface area (Å²) in [5.74, 6) is -1.02. The molecule has 4 nitrogen and oxygen atoms in total. The van der Waals surface area contributed by atoms with E-state index >= 15 is 0 Å². The average Bonchev–Trinajstić information content (AvgIpc) is 2.19. The number of benzene rings is 1. The minimum Gasteiger partial charge on any atom is -0.366 e. The Hall–Kier alpha value is -2.10. The van der Waals surface area contributed by atoms with Crippen LogP contribution in [0.1, 0.15) is 5.56 Å². The minimum absolute atomic E-state index is 0.377. The van der Waals surface area contributed by atoms with E-state index < -0.39 is 5.91 Å². The van der Waals surface area contributed by atoms with Gasteiger partial charge in [0.25, 0.3) is 0 Å². The lowest BCUT2D eigenvalue weighted by atomic mass is 10.2. The fraction of sp³-hybridized carbons (Fsp3) is 0.0909. The van der Waals surface area contributed by atoms with Crippen LogP contribution in [-0.4, -0.2) is 11.8 Å². The van der Waals surface area contributed by atoms with Crippen molar-refractivity contribution < 1.29 is 9.59 Å². The quantitative estimate of drug-likeness (QED) is 0.720. The second-order valence-corrected chi connectivity index (χ2v) is 3.09. The Bertz CT molecular complexity index is 394. The van der Waals surface area contributed by atoms with E-state index in [9.17, 15) is 9.59 Å². The third kappa shape index (κ3) is 4.08. The number of hydrogen-bond donors (Lipinski definition) is 2. The molecule has 1 rings (SSSR count). The summed E-state index contributed by atoms with van der Waals surface area (Å²) in [7, 11) is 0. The monoisotopic (exact) mass is 204 g/mol. The first-order valence-electron chi connectivity index (χ1n) is 4.43. The van der Waals surface area contributed by atoms with E-state index in [0.717, 1.165) is 17.7 Å². The summed E-state index contributed by atoms with van der Waals surface area (Å²) in [6.07, 6.45) is 2.12. The molecule has 2 amide bonds. The molecule has 0 aliphatic rings. The lowest BCUT2D eigenvalue weighted by Crippen LogP contribution is -2.11. The summed E-state index contributed by atoms with van der Waals surface area (Å²) in [6.45, 7) is 1.96. The van der Waals surface area contributed by atoms with Crippen molar-refractivity contribution in [1.29, 1.82) is 0 Å². The summed E-state index contributed by atoms with van der Waals surface area (Å²) in [6, 6.07) is 7.33. The number of carbonyl (C=O) groups is 2. The molecular weight excluding hydrogens is 192 g/mol. The van der Waals surface area contributed by atoms with Crippen LogP contribution < -0.4 is 11.1 Å². The number of amides is 2. The van der Waals surface area contributed by atoms with Gasteiger partial charge < -0.3 is 11.1 Å². The lowest BCUT2D eigenvalue weighted by Gasteiger charge is -2.01. The largest absolute Gasteiger partial charge is 0.366 e. The van der Waals surface area contributed by atoms with Gasteiger partial charge in [0.2, 0.25) is 11.8 Å². The number of aryl methyl sites for hydroxylation is 1. The fourth-order valence-corrected chi connectivity index (χ4v) is 0.979. The van der Waals surface area contributed by atoms with Crippen molar-refractivity contribution in [3.05, 3.63) is 42.0 Å². The molecule has 0 saturated heterocycles. The Morgan fingerprint density at radius 3 is 2.33 bits per heavy atom. The molecule has 0 aliphatic heterocycles. The number of nitrogens with one attached hydrogen (secondary N) is 1. The maximum atomic E-state index is 11.2. The van der Waals surface area contributed by atoms with Gasteiger partial charge in [0.05, 0.1) is 0 Å². The SMILES string of the molecule is Cc1ccc(NC(=O)/C=C\C(N)=O)cc1. The third-order valence-corrected chi connectivity index (χ3v) is 1.72. The van der Waals surface area contributed by atoms with Crippen molar-refractivity contribution in [1.82, 2.24) is 0 Å². The van der Waals surface area contributed by atoms with Crippen molar-refractivity contribution in [3.8, 4) is 0 Å². The van der Waals surface area contributed by atoms with Crippen molar-refractivity contribution in [2.45, 2.75) is 6.92 Å². The molecule has 0 heterocycles. The highest BCUT2D eigenvalue weighted by Crippen LogP contribution is 2.08. The number of primary amides is 1. The molecule has 0 aliphatic carbocycles. The number of hydrogen-bond acceptors (Lipinski definition) is 2.